The first-order valence-corrected chi connectivity index (χ1v) is 8.61. The minimum atomic E-state index is -1.92. The first-order valence-electron chi connectivity index (χ1n) is 11.1. The summed E-state index contributed by atoms with van der Waals surface area (Å²) in [5.74, 6) is -1.92. The van der Waals surface area contributed by atoms with E-state index in [9.17, 15) is 6.48 Å². The number of hydrogen-bond acceptors (Lipinski definition) is 2. The molecule has 2 aliphatic rings. The molecular formula is C21H30O2. The molecule has 0 bridgehead atoms. The molecule has 23 heavy (non-hydrogen) atoms. The number of aromatic hydroxyl groups is 1. The zero-order valence-electron chi connectivity index (χ0n) is 19.5. The topological polar surface area (TPSA) is 29.5 Å². The third kappa shape index (κ3) is 3.13. The maximum absolute atomic E-state index is 10.9. The Morgan fingerprint density at radius 2 is 2.22 bits per heavy atom. The van der Waals surface area contributed by atoms with Gasteiger partial charge in [0.05, 0.1) is 2.74 Å². The number of unbranched alkanes of at least 4 members (excludes halogenated alkanes) is 1. The van der Waals surface area contributed by atoms with Crippen LogP contribution in [0.5, 0.6) is 11.5 Å². The molecule has 1 aromatic carbocycles. The second-order valence-electron chi connectivity index (χ2n) is 7.20. The highest BCUT2D eigenvalue weighted by molar-refractivity contribution is 5.53. The number of benzene rings is 1. The van der Waals surface area contributed by atoms with E-state index in [4.69, 9.17) is 10.2 Å². The number of allylic oxidation sites excluding steroid dienone is 2. The average molecular weight is 319 g/mol. The molecule has 0 amide bonds. The van der Waals surface area contributed by atoms with Crippen LogP contribution in [0.2, 0.25) is 0 Å². The van der Waals surface area contributed by atoms with Gasteiger partial charge in [-0.2, -0.15) is 0 Å². The van der Waals surface area contributed by atoms with E-state index in [2.05, 4.69) is 0 Å². The normalized spacial score (nSPS) is 32.1. The molecule has 0 saturated carbocycles. The molecule has 2 heteroatoms. The Kier molecular flexibility index (Phi) is 3.02. The monoisotopic (exact) mass is 319 g/mol. The lowest BCUT2D eigenvalue weighted by atomic mass is 9.68. The number of ether oxygens (including phenoxy) is 1. The van der Waals surface area contributed by atoms with Crippen LogP contribution in [0.1, 0.15) is 83.7 Å². The van der Waals surface area contributed by atoms with Crippen LogP contribution in [0.15, 0.2) is 23.7 Å². The molecule has 0 aromatic heterocycles. The van der Waals surface area contributed by atoms with Gasteiger partial charge in [-0.3, -0.25) is 0 Å². The average Bonchev–Trinajstić information content (AvgIpc) is 2.56. The minimum absolute atomic E-state index is 0.0473. The second kappa shape index (κ2) is 6.22. The standard InChI is InChI=1S/C21H30O2/c1-5-6-7-8-15-12-18(22)20-16-11-14(2)9-10-17(16)21(3,4)23-19(20)13-15/h11-13,16-17,22H,5-10H2,1-4H3/t16-,17-/m1/s1/i8D2,12D,13D,16D. The van der Waals surface area contributed by atoms with Gasteiger partial charge in [0, 0.05) is 21.5 Å². The Morgan fingerprint density at radius 3 is 2.96 bits per heavy atom. The summed E-state index contributed by atoms with van der Waals surface area (Å²) in [4.78, 5) is 0. The Hall–Kier alpha value is -1.44. The first kappa shape index (κ1) is 11.2. The summed E-state index contributed by atoms with van der Waals surface area (Å²) in [6.45, 7) is 7.67. The predicted molar refractivity (Wildman–Crippen MR) is 95.3 cm³/mol. The second-order valence-corrected chi connectivity index (χ2v) is 7.20. The van der Waals surface area contributed by atoms with E-state index in [1.54, 1.807) is 0 Å². The van der Waals surface area contributed by atoms with Gasteiger partial charge in [-0.15, -0.1) is 0 Å². The van der Waals surface area contributed by atoms with Gasteiger partial charge in [-0.05, 0) is 64.1 Å². The Bertz CT molecular complexity index is 831. The van der Waals surface area contributed by atoms with Crippen molar-refractivity contribution in [1.29, 1.82) is 0 Å². The van der Waals surface area contributed by atoms with E-state index >= 15 is 0 Å². The summed E-state index contributed by atoms with van der Waals surface area (Å²) in [6, 6.07) is -0.608. The number of fused-ring (bicyclic) bond motifs is 3. The van der Waals surface area contributed by atoms with Crippen LogP contribution in [0.3, 0.4) is 0 Å². The van der Waals surface area contributed by atoms with Crippen molar-refractivity contribution in [3.8, 4) is 11.5 Å². The molecule has 1 aromatic rings. The van der Waals surface area contributed by atoms with Crippen molar-refractivity contribution in [3.05, 3.63) is 34.9 Å². The molecular weight excluding hydrogens is 284 g/mol. The van der Waals surface area contributed by atoms with Crippen molar-refractivity contribution in [2.75, 3.05) is 0 Å². The molecule has 0 spiro atoms. The zero-order chi connectivity index (χ0) is 21.1. The minimum Gasteiger partial charge on any atom is -0.507 e. The lowest BCUT2D eigenvalue weighted by Gasteiger charge is -2.46. The third-order valence-corrected chi connectivity index (χ3v) is 4.88. The van der Waals surface area contributed by atoms with Gasteiger partial charge in [-0.25, -0.2) is 0 Å². The highest BCUT2D eigenvalue weighted by Crippen LogP contribution is 2.53. The van der Waals surface area contributed by atoms with Crippen molar-refractivity contribution >= 4 is 0 Å². The molecule has 1 aliphatic carbocycles. The molecule has 0 fully saturated rings. The lowest BCUT2D eigenvalue weighted by molar-refractivity contribution is 0.0107. The first-order chi connectivity index (χ1) is 12.9. The molecule has 0 unspecified atom stereocenters. The predicted octanol–water partition coefficient (Wildman–Crippen LogP) is 5.74. The van der Waals surface area contributed by atoms with Crippen LogP contribution in [0, 0.1) is 5.92 Å². The van der Waals surface area contributed by atoms with Gasteiger partial charge in [0.25, 0.3) is 0 Å². The SMILES string of the molecule is [2H]c1c(O)c2c(c([2H])c1C([2H])([2H])CCCC)OC(C)(C)[C@@H]1CCC(C)=C[C@@]21[2H]. The Morgan fingerprint density at radius 1 is 1.43 bits per heavy atom. The lowest BCUT2D eigenvalue weighted by Crippen LogP contribution is -2.45. The largest absolute Gasteiger partial charge is 0.507 e. The number of hydrogen-bond donors (Lipinski definition) is 1. The van der Waals surface area contributed by atoms with Gasteiger partial charge >= 0.3 is 0 Å². The molecule has 1 aliphatic heterocycles. The van der Waals surface area contributed by atoms with E-state index in [0.29, 0.717) is 6.42 Å². The smallest absolute Gasteiger partial charge is 0.127 e. The third-order valence-electron chi connectivity index (χ3n) is 4.88. The van der Waals surface area contributed by atoms with E-state index in [0.717, 1.165) is 24.8 Å². The van der Waals surface area contributed by atoms with Gasteiger partial charge in [0.2, 0.25) is 0 Å². The number of rotatable bonds is 4. The molecule has 1 N–H and O–H groups in total. The number of phenols is 1. The molecule has 0 radical (unpaired) electrons. The fourth-order valence-corrected chi connectivity index (χ4v) is 3.59. The molecule has 1 heterocycles. The van der Waals surface area contributed by atoms with Crippen LogP contribution >= 0.6 is 0 Å². The van der Waals surface area contributed by atoms with Crippen LogP contribution in [-0.2, 0) is 6.37 Å². The van der Waals surface area contributed by atoms with Gasteiger partial charge in [0.1, 0.15) is 17.1 Å². The van der Waals surface area contributed by atoms with Crippen molar-refractivity contribution < 1.29 is 16.7 Å². The molecule has 126 valence electrons. The van der Waals surface area contributed by atoms with E-state index in [1.165, 1.54) is 0 Å². The van der Waals surface area contributed by atoms with Crippen LogP contribution in [0.4, 0.5) is 0 Å². The summed E-state index contributed by atoms with van der Waals surface area (Å²) in [6.07, 6.45) is 3.02. The van der Waals surface area contributed by atoms with Gasteiger partial charge in [0.15, 0.2) is 0 Å². The fourth-order valence-electron chi connectivity index (χ4n) is 3.59. The highest BCUT2D eigenvalue weighted by Gasteiger charge is 2.45. The molecule has 2 atom stereocenters. The van der Waals surface area contributed by atoms with E-state index in [-0.39, 0.29) is 35.3 Å². The zero-order valence-corrected chi connectivity index (χ0v) is 14.5. The highest BCUT2D eigenvalue weighted by atomic mass is 16.5. The maximum Gasteiger partial charge on any atom is 0.127 e. The van der Waals surface area contributed by atoms with Gasteiger partial charge < -0.3 is 9.84 Å². The van der Waals surface area contributed by atoms with Crippen molar-refractivity contribution in [2.24, 2.45) is 5.92 Å². The van der Waals surface area contributed by atoms with Crippen molar-refractivity contribution in [2.45, 2.75) is 77.7 Å². The number of phenolic OH excluding ortho intramolecular Hbond substituents is 1. The summed E-state index contributed by atoms with van der Waals surface area (Å²) in [7, 11) is 0. The molecule has 2 nitrogen and oxygen atoms in total. The van der Waals surface area contributed by atoms with Crippen LogP contribution in [-0.4, -0.2) is 10.7 Å². The van der Waals surface area contributed by atoms with E-state index in [1.807, 2.05) is 33.8 Å². The Balaban J connectivity index is 2.31. The maximum atomic E-state index is 10.9. The quantitative estimate of drug-likeness (QED) is 0.717. The molecule has 3 rings (SSSR count). The summed E-state index contributed by atoms with van der Waals surface area (Å²) in [5.41, 5.74) is 0.285. The summed E-state index contributed by atoms with van der Waals surface area (Å²) in [5, 5.41) is 10.9. The summed E-state index contributed by atoms with van der Waals surface area (Å²) < 4.78 is 49.4. The van der Waals surface area contributed by atoms with Crippen molar-refractivity contribution in [3.63, 3.8) is 0 Å². The Labute approximate surface area is 147 Å². The van der Waals surface area contributed by atoms with Crippen molar-refractivity contribution in [1.82, 2.24) is 0 Å². The van der Waals surface area contributed by atoms with Gasteiger partial charge in [-0.1, -0.05) is 31.4 Å². The summed E-state index contributed by atoms with van der Waals surface area (Å²) >= 11 is 0. The van der Waals surface area contributed by atoms with Crippen LogP contribution < -0.4 is 4.74 Å². The fraction of sp³-hybridized carbons (Fsp3) is 0.619. The van der Waals surface area contributed by atoms with Crippen LogP contribution in [0.25, 0.3) is 0 Å². The van der Waals surface area contributed by atoms with E-state index < -0.39 is 29.7 Å². The molecule has 0 saturated heterocycles.